The van der Waals surface area contributed by atoms with Crippen molar-refractivity contribution in [1.82, 2.24) is 15.1 Å². The summed E-state index contributed by atoms with van der Waals surface area (Å²) in [5.41, 5.74) is 0. The number of hydrogen-bond acceptors (Lipinski definition) is 3. The Bertz CT molecular complexity index is 314. The van der Waals surface area contributed by atoms with Crippen LogP contribution in [0.4, 0.5) is 0 Å². The molecule has 0 aliphatic carbocycles. The molecule has 3 saturated heterocycles. The number of terminal acetylenes is 1. The molecule has 18 heavy (non-hydrogen) atoms. The van der Waals surface area contributed by atoms with E-state index in [-0.39, 0.29) is 0 Å². The van der Waals surface area contributed by atoms with Gasteiger partial charge in [0.25, 0.3) is 0 Å². The molecule has 0 bridgehead atoms. The first-order chi connectivity index (χ1) is 8.86. The van der Waals surface area contributed by atoms with Gasteiger partial charge in [-0.25, -0.2) is 0 Å². The monoisotopic (exact) mass is 247 g/mol. The number of rotatable bonds is 3. The lowest BCUT2D eigenvalue weighted by molar-refractivity contribution is 0.200. The minimum Gasteiger partial charge on any atom is -0.310 e. The Morgan fingerprint density at radius 1 is 1.06 bits per heavy atom. The molecule has 0 radical (unpaired) electrons. The summed E-state index contributed by atoms with van der Waals surface area (Å²) in [6.07, 6.45) is 12.1. The van der Waals surface area contributed by atoms with Gasteiger partial charge in [-0.3, -0.25) is 9.80 Å². The van der Waals surface area contributed by atoms with Gasteiger partial charge in [-0.15, -0.1) is 6.42 Å². The molecule has 3 heteroatoms. The lowest BCUT2D eigenvalue weighted by Crippen LogP contribution is -2.49. The first-order valence-electron chi connectivity index (χ1n) is 7.53. The standard InChI is InChI=1S/C15H25N3/c1-2-8-17-10-5-13(6-11-17)16-14-7-12-18-9-3-4-15(14)18/h1,13-16H,3-12H2. The average Bonchev–Trinajstić information content (AvgIpc) is 2.97. The molecule has 3 rings (SSSR count). The third kappa shape index (κ3) is 2.56. The average molecular weight is 247 g/mol. The lowest BCUT2D eigenvalue weighted by atomic mass is 10.0. The second-order valence-electron chi connectivity index (χ2n) is 6.06. The Balaban J connectivity index is 1.45. The summed E-state index contributed by atoms with van der Waals surface area (Å²) in [6.45, 7) is 5.82. The maximum Gasteiger partial charge on any atom is 0.0598 e. The molecule has 0 aromatic rings. The summed E-state index contributed by atoms with van der Waals surface area (Å²) < 4.78 is 0. The van der Waals surface area contributed by atoms with E-state index in [1.807, 2.05) is 0 Å². The molecule has 3 aliphatic rings. The smallest absolute Gasteiger partial charge is 0.0598 e. The van der Waals surface area contributed by atoms with Gasteiger partial charge in [0.1, 0.15) is 0 Å². The zero-order valence-electron chi connectivity index (χ0n) is 11.3. The van der Waals surface area contributed by atoms with Crippen molar-refractivity contribution in [2.75, 3.05) is 32.7 Å². The Labute approximate surface area is 111 Å². The zero-order valence-corrected chi connectivity index (χ0v) is 11.3. The van der Waals surface area contributed by atoms with Crippen LogP contribution in [0.3, 0.4) is 0 Å². The van der Waals surface area contributed by atoms with E-state index in [4.69, 9.17) is 6.42 Å². The molecule has 0 saturated carbocycles. The SMILES string of the molecule is C#CCN1CCC(NC2CCN3CCCC23)CC1. The van der Waals surface area contributed by atoms with Crippen LogP contribution in [0.15, 0.2) is 0 Å². The van der Waals surface area contributed by atoms with Crippen LogP contribution in [-0.2, 0) is 0 Å². The van der Waals surface area contributed by atoms with Crippen molar-refractivity contribution in [3.63, 3.8) is 0 Å². The molecule has 0 spiro atoms. The van der Waals surface area contributed by atoms with Crippen LogP contribution in [0.2, 0.25) is 0 Å². The third-order valence-electron chi connectivity index (χ3n) is 4.96. The zero-order chi connectivity index (χ0) is 12.4. The second-order valence-corrected chi connectivity index (χ2v) is 6.06. The van der Waals surface area contributed by atoms with E-state index < -0.39 is 0 Å². The van der Waals surface area contributed by atoms with Gasteiger partial charge in [0.05, 0.1) is 6.54 Å². The molecule has 3 aliphatic heterocycles. The van der Waals surface area contributed by atoms with Crippen molar-refractivity contribution >= 4 is 0 Å². The van der Waals surface area contributed by atoms with Crippen molar-refractivity contribution in [1.29, 1.82) is 0 Å². The molecular weight excluding hydrogens is 222 g/mol. The first-order valence-corrected chi connectivity index (χ1v) is 7.53. The van der Waals surface area contributed by atoms with Crippen LogP contribution in [0.1, 0.15) is 32.1 Å². The molecule has 3 nitrogen and oxygen atoms in total. The van der Waals surface area contributed by atoms with Gasteiger partial charge in [0, 0.05) is 37.8 Å². The summed E-state index contributed by atoms with van der Waals surface area (Å²) in [7, 11) is 0. The predicted octanol–water partition coefficient (Wildman–Crippen LogP) is 0.910. The van der Waals surface area contributed by atoms with Crippen LogP contribution >= 0.6 is 0 Å². The molecule has 100 valence electrons. The number of nitrogens with one attached hydrogen (secondary N) is 1. The van der Waals surface area contributed by atoms with Gasteiger partial charge in [-0.05, 0) is 38.6 Å². The van der Waals surface area contributed by atoms with Gasteiger partial charge in [-0.1, -0.05) is 5.92 Å². The minimum absolute atomic E-state index is 0.726. The first kappa shape index (κ1) is 12.5. The normalized spacial score (nSPS) is 34.6. The van der Waals surface area contributed by atoms with E-state index in [0.29, 0.717) is 0 Å². The Kier molecular flexibility index (Phi) is 3.88. The Morgan fingerprint density at radius 3 is 2.67 bits per heavy atom. The van der Waals surface area contributed by atoms with E-state index in [2.05, 4.69) is 21.0 Å². The number of piperidine rings is 1. The highest BCUT2D eigenvalue weighted by atomic mass is 15.2. The van der Waals surface area contributed by atoms with Gasteiger partial charge < -0.3 is 5.32 Å². The lowest BCUT2D eigenvalue weighted by Gasteiger charge is -2.34. The van der Waals surface area contributed by atoms with Gasteiger partial charge in [-0.2, -0.15) is 0 Å². The molecule has 0 aromatic carbocycles. The van der Waals surface area contributed by atoms with Crippen LogP contribution in [0, 0.1) is 12.3 Å². The molecule has 0 amide bonds. The number of fused-ring (bicyclic) bond motifs is 1. The summed E-state index contributed by atoms with van der Waals surface area (Å²) in [4.78, 5) is 5.08. The summed E-state index contributed by atoms with van der Waals surface area (Å²) >= 11 is 0. The number of likely N-dealkylation sites (tertiary alicyclic amines) is 1. The number of hydrogen-bond donors (Lipinski definition) is 1. The highest BCUT2D eigenvalue weighted by molar-refractivity contribution is 4.98. The molecule has 2 unspecified atom stereocenters. The maximum atomic E-state index is 5.37. The Hall–Kier alpha value is -0.560. The third-order valence-corrected chi connectivity index (χ3v) is 4.96. The van der Waals surface area contributed by atoms with Crippen LogP contribution < -0.4 is 5.32 Å². The van der Waals surface area contributed by atoms with Crippen molar-refractivity contribution < 1.29 is 0 Å². The van der Waals surface area contributed by atoms with Crippen molar-refractivity contribution in [2.45, 2.75) is 50.2 Å². The van der Waals surface area contributed by atoms with E-state index in [0.717, 1.165) is 24.7 Å². The van der Waals surface area contributed by atoms with Crippen molar-refractivity contribution in [3.05, 3.63) is 0 Å². The Morgan fingerprint density at radius 2 is 1.89 bits per heavy atom. The fourth-order valence-corrected chi connectivity index (χ4v) is 3.97. The summed E-state index contributed by atoms with van der Waals surface area (Å²) in [6, 6.07) is 2.33. The molecule has 2 atom stereocenters. The molecule has 3 fully saturated rings. The highest BCUT2D eigenvalue weighted by Crippen LogP contribution is 2.28. The van der Waals surface area contributed by atoms with E-state index in [9.17, 15) is 0 Å². The van der Waals surface area contributed by atoms with Gasteiger partial charge in [0.15, 0.2) is 0 Å². The number of nitrogens with zero attached hydrogens (tertiary/aromatic N) is 2. The van der Waals surface area contributed by atoms with E-state index in [1.54, 1.807) is 0 Å². The van der Waals surface area contributed by atoms with Crippen LogP contribution in [0.25, 0.3) is 0 Å². The maximum absolute atomic E-state index is 5.37. The van der Waals surface area contributed by atoms with Gasteiger partial charge >= 0.3 is 0 Å². The molecular formula is C15H25N3. The molecule has 0 aromatic heterocycles. The van der Waals surface area contributed by atoms with E-state index in [1.165, 1.54) is 58.3 Å². The second kappa shape index (κ2) is 5.61. The van der Waals surface area contributed by atoms with Crippen molar-refractivity contribution in [3.8, 4) is 12.3 Å². The van der Waals surface area contributed by atoms with Crippen molar-refractivity contribution in [2.24, 2.45) is 0 Å². The molecule has 3 heterocycles. The largest absolute Gasteiger partial charge is 0.310 e. The predicted molar refractivity (Wildman–Crippen MR) is 74.4 cm³/mol. The van der Waals surface area contributed by atoms with Crippen LogP contribution in [-0.4, -0.2) is 60.6 Å². The highest BCUT2D eigenvalue weighted by Gasteiger charge is 2.38. The fourth-order valence-electron chi connectivity index (χ4n) is 3.97. The fraction of sp³-hybridized carbons (Fsp3) is 0.867. The summed E-state index contributed by atoms with van der Waals surface area (Å²) in [5, 5.41) is 3.93. The van der Waals surface area contributed by atoms with E-state index >= 15 is 0 Å². The van der Waals surface area contributed by atoms with Crippen LogP contribution in [0.5, 0.6) is 0 Å². The minimum atomic E-state index is 0.726. The molecule has 1 N–H and O–H groups in total. The quantitative estimate of drug-likeness (QED) is 0.748. The topological polar surface area (TPSA) is 18.5 Å². The summed E-state index contributed by atoms with van der Waals surface area (Å²) in [5.74, 6) is 2.75. The van der Waals surface area contributed by atoms with Gasteiger partial charge in [0.2, 0.25) is 0 Å².